The van der Waals surface area contributed by atoms with Crippen molar-refractivity contribution in [1.29, 1.82) is 0 Å². The molecule has 2 aromatic rings. The average molecular weight is 316 g/mol. The maximum atomic E-state index is 12.3. The number of nitrogens with zero attached hydrogens (tertiary/aromatic N) is 4. The van der Waals surface area contributed by atoms with Gasteiger partial charge in [-0.2, -0.15) is 0 Å². The second-order valence-electron chi connectivity index (χ2n) is 5.49. The molecule has 0 unspecified atom stereocenters. The highest BCUT2D eigenvalue weighted by molar-refractivity contribution is 5.88. The molecule has 0 spiro atoms. The van der Waals surface area contributed by atoms with Crippen LogP contribution in [0.1, 0.15) is 30.3 Å². The molecule has 0 aromatic carbocycles. The van der Waals surface area contributed by atoms with Crippen LogP contribution in [-0.2, 0) is 11.3 Å². The number of anilines is 1. The fraction of sp³-hybridized carbons (Fsp3) is 0.467. The van der Waals surface area contributed by atoms with Crippen LogP contribution in [-0.4, -0.2) is 51.1 Å². The normalized spacial score (nSPS) is 15.6. The minimum Gasteiger partial charge on any atom is -0.378 e. The van der Waals surface area contributed by atoms with Crippen molar-refractivity contribution in [3.8, 4) is 0 Å². The van der Waals surface area contributed by atoms with Crippen molar-refractivity contribution >= 4 is 11.8 Å². The number of piperidine rings is 1. The number of hydrogen-bond donors (Lipinski definition) is 2. The summed E-state index contributed by atoms with van der Waals surface area (Å²) in [5.41, 5.74) is 0.731. The first-order valence-electron chi connectivity index (χ1n) is 7.61. The summed E-state index contributed by atoms with van der Waals surface area (Å²) in [5.74, 6) is 1.89. The lowest BCUT2D eigenvalue weighted by Crippen LogP contribution is -2.40. The van der Waals surface area contributed by atoms with Gasteiger partial charge in [0.1, 0.15) is 18.0 Å². The zero-order chi connectivity index (χ0) is 16.1. The fourth-order valence-electron chi connectivity index (χ4n) is 2.74. The number of aromatic nitrogens is 4. The van der Waals surface area contributed by atoms with E-state index in [0.717, 1.165) is 24.4 Å². The van der Waals surface area contributed by atoms with Gasteiger partial charge in [-0.15, -0.1) is 0 Å². The number of hydrogen-bond acceptors (Lipinski definition) is 5. The standard InChI is InChI=1S/C15H20N6O2/c1-23-9-12-8-13(19-10-18-12)20-15(22)21-6-2-11(3-7-21)14-16-4-5-17-14/h4-5,8,10-11H,2-3,6-7,9H2,1H3,(H,16,17)(H,18,19,20,22). The van der Waals surface area contributed by atoms with E-state index in [2.05, 4.69) is 25.3 Å². The van der Waals surface area contributed by atoms with E-state index >= 15 is 0 Å². The van der Waals surface area contributed by atoms with E-state index in [4.69, 9.17) is 4.74 Å². The van der Waals surface area contributed by atoms with Crippen LogP contribution >= 0.6 is 0 Å². The van der Waals surface area contributed by atoms with Crippen molar-refractivity contribution < 1.29 is 9.53 Å². The Bertz CT molecular complexity index is 637. The molecule has 2 aromatic heterocycles. The first-order valence-corrected chi connectivity index (χ1v) is 7.61. The Hall–Kier alpha value is -2.48. The van der Waals surface area contributed by atoms with Gasteiger partial charge < -0.3 is 14.6 Å². The molecule has 0 saturated carbocycles. The molecule has 122 valence electrons. The summed E-state index contributed by atoms with van der Waals surface area (Å²) >= 11 is 0. The summed E-state index contributed by atoms with van der Waals surface area (Å²) in [6.07, 6.45) is 6.83. The number of H-pyrrole nitrogens is 1. The summed E-state index contributed by atoms with van der Waals surface area (Å²) in [5, 5.41) is 2.82. The molecule has 23 heavy (non-hydrogen) atoms. The number of imidazole rings is 1. The molecule has 8 nitrogen and oxygen atoms in total. The zero-order valence-electron chi connectivity index (χ0n) is 13.0. The van der Waals surface area contributed by atoms with Crippen molar-refractivity contribution in [3.63, 3.8) is 0 Å². The fourth-order valence-corrected chi connectivity index (χ4v) is 2.74. The summed E-state index contributed by atoms with van der Waals surface area (Å²) in [6.45, 7) is 1.79. The number of amides is 2. The molecule has 0 radical (unpaired) electrons. The van der Waals surface area contributed by atoms with Crippen LogP contribution in [0.25, 0.3) is 0 Å². The monoisotopic (exact) mass is 316 g/mol. The Morgan fingerprint density at radius 2 is 2.22 bits per heavy atom. The van der Waals surface area contributed by atoms with Crippen LogP contribution in [0.2, 0.25) is 0 Å². The topological polar surface area (TPSA) is 96.0 Å². The van der Waals surface area contributed by atoms with Crippen LogP contribution in [0.4, 0.5) is 10.6 Å². The van der Waals surface area contributed by atoms with Gasteiger partial charge in [-0.1, -0.05) is 0 Å². The second kappa shape index (κ2) is 7.19. The average Bonchev–Trinajstić information content (AvgIpc) is 3.10. The summed E-state index contributed by atoms with van der Waals surface area (Å²) < 4.78 is 5.03. The number of carbonyl (C=O) groups excluding carboxylic acids is 1. The molecule has 1 aliphatic heterocycles. The predicted molar refractivity (Wildman–Crippen MR) is 83.9 cm³/mol. The molecule has 1 saturated heterocycles. The third-order valence-electron chi connectivity index (χ3n) is 3.94. The van der Waals surface area contributed by atoms with Gasteiger partial charge in [0.2, 0.25) is 0 Å². The maximum absolute atomic E-state index is 12.3. The highest BCUT2D eigenvalue weighted by Gasteiger charge is 2.25. The molecular formula is C15H20N6O2. The Morgan fingerprint density at radius 3 is 2.91 bits per heavy atom. The van der Waals surface area contributed by atoms with E-state index in [1.54, 1.807) is 24.3 Å². The van der Waals surface area contributed by atoms with Gasteiger partial charge in [0.15, 0.2) is 0 Å². The Labute approximate surface area is 134 Å². The molecule has 2 N–H and O–H groups in total. The van der Waals surface area contributed by atoms with E-state index in [1.165, 1.54) is 6.33 Å². The van der Waals surface area contributed by atoms with Crippen molar-refractivity contribution in [2.24, 2.45) is 0 Å². The molecule has 1 aliphatic rings. The Morgan fingerprint density at radius 1 is 1.39 bits per heavy atom. The molecule has 0 atom stereocenters. The van der Waals surface area contributed by atoms with Gasteiger partial charge in [-0.05, 0) is 12.8 Å². The third-order valence-corrected chi connectivity index (χ3v) is 3.94. The smallest absolute Gasteiger partial charge is 0.323 e. The van der Waals surface area contributed by atoms with Crippen molar-refractivity contribution in [3.05, 3.63) is 36.3 Å². The van der Waals surface area contributed by atoms with E-state index in [1.807, 2.05) is 6.20 Å². The molecule has 3 rings (SSSR count). The molecular weight excluding hydrogens is 296 g/mol. The lowest BCUT2D eigenvalue weighted by Gasteiger charge is -2.31. The van der Waals surface area contributed by atoms with Gasteiger partial charge in [0, 0.05) is 44.6 Å². The van der Waals surface area contributed by atoms with Crippen molar-refractivity contribution in [2.75, 3.05) is 25.5 Å². The number of ether oxygens (including phenoxy) is 1. The van der Waals surface area contributed by atoms with E-state index in [9.17, 15) is 4.79 Å². The first-order chi connectivity index (χ1) is 11.3. The van der Waals surface area contributed by atoms with E-state index in [-0.39, 0.29) is 6.03 Å². The lowest BCUT2D eigenvalue weighted by atomic mass is 9.96. The van der Waals surface area contributed by atoms with Crippen molar-refractivity contribution in [1.82, 2.24) is 24.8 Å². The minimum absolute atomic E-state index is 0.134. The van der Waals surface area contributed by atoms with Crippen LogP contribution in [0, 0.1) is 0 Å². The summed E-state index contributed by atoms with van der Waals surface area (Å²) in [7, 11) is 1.60. The molecule has 3 heterocycles. The van der Waals surface area contributed by atoms with Crippen LogP contribution in [0.5, 0.6) is 0 Å². The maximum Gasteiger partial charge on any atom is 0.323 e. The largest absolute Gasteiger partial charge is 0.378 e. The first kappa shape index (κ1) is 15.4. The highest BCUT2D eigenvalue weighted by atomic mass is 16.5. The van der Waals surface area contributed by atoms with Crippen LogP contribution < -0.4 is 5.32 Å². The quantitative estimate of drug-likeness (QED) is 0.896. The molecule has 0 aliphatic carbocycles. The number of rotatable bonds is 4. The number of urea groups is 1. The van der Waals surface area contributed by atoms with Gasteiger partial charge in [0.25, 0.3) is 0 Å². The van der Waals surface area contributed by atoms with Gasteiger partial charge in [-0.3, -0.25) is 5.32 Å². The van der Waals surface area contributed by atoms with Crippen LogP contribution in [0.15, 0.2) is 24.8 Å². The number of nitrogens with one attached hydrogen (secondary N) is 2. The number of carbonyl (C=O) groups is 1. The lowest BCUT2D eigenvalue weighted by molar-refractivity contribution is 0.181. The zero-order valence-corrected chi connectivity index (χ0v) is 13.0. The van der Waals surface area contributed by atoms with Crippen LogP contribution in [0.3, 0.4) is 0 Å². The number of aromatic amines is 1. The van der Waals surface area contributed by atoms with E-state index < -0.39 is 0 Å². The number of likely N-dealkylation sites (tertiary alicyclic amines) is 1. The second-order valence-corrected chi connectivity index (χ2v) is 5.49. The molecule has 0 bridgehead atoms. The molecule has 2 amide bonds. The predicted octanol–water partition coefficient (Wildman–Crippen LogP) is 1.76. The van der Waals surface area contributed by atoms with E-state index in [0.29, 0.717) is 31.4 Å². The SMILES string of the molecule is COCc1cc(NC(=O)N2CCC(c3ncc[nH]3)CC2)ncn1. The number of methoxy groups -OCH3 is 1. The van der Waals surface area contributed by atoms with Crippen molar-refractivity contribution in [2.45, 2.75) is 25.4 Å². The third kappa shape index (κ3) is 3.84. The van der Waals surface area contributed by atoms with Gasteiger partial charge >= 0.3 is 6.03 Å². The van der Waals surface area contributed by atoms with Gasteiger partial charge in [-0.25, -0.2) is 19.7 Å². The minimum atomic E-state index is -0.134. The Balaban J connectivity index is 1.54. The molecule has 1 fully saturated rings. The Kier molecular flexibility index (Phi) is 4.82. The summed E-state index contributed by atoms with van der Waals surface area (Å²) in [4.78, 5) is 29.7. The van der Waals surface area contributed by atoms with Gasteiger partial charge in [0.05, 0.1) is 12.3 Å². The summed E-state index contributed by atoms with van der Waals surface area (Å²) in [6, 6.07) is 1.58. The molecule has 8 heteroatoms. The highest BCUT2D eigenvalue weighted by Crippen LogP contribution is 2.25.